The highest BCUT2D eigenvalue weighted by Gasteiger charge is 2.21. The van der Waals surface area contributed by atoms with Crippen LogP contribution < -0.4 is 0 Å². The zero-order chi connectivity index (χ0) is 21.0. The van der Waals surface area contributed by atoms with Gasteiger partial charge in [-0.2, -0.15) is 5.10 Å². The molecule has 0 radical (unpaired) electrons. The van der Waals surface area contributed by atoms with Crippen LogP contribution in [0.1, 0.15) is 43.2 Å². The fourth-order valence-corrected chi connectivity index (χ4v) is 4.85. The standard InChI is InChI=1S/C25H29N5O/c31-28-24-8-6-20-17-21(5-7-22(20)24)23-18-30(16-4-15-29-13-2-1-3-14-29)27-25(23)19-9-11-26-12-10-19/h5,7,9-12,17-18,31H,1-4,6,8,13-16H2/b28-24+. The third kappa shape index (κ3) is 4.26. The molecule has 160 valence electrons. The van der Waals surface area contributed by atoms with Gasteiger partial charge in [-0.15, -0.1) is 0 Å². The molecule has 1 aliphatic heterocycles. The van der Waals surface area contributed by atoms with Crippen LogP contribution in [0.3, 0.4) is 0 Å². The van der Waals surface area contributed by atoms with Gasteiger partial charge < -0.3 is 10.1 Å². The van der Waals surface area contributed by atoms with Crippen LogP contribution in [0.5, 0.6) is 0 Å². The van der Waals surface area contributed by atoms with E-state index in [4.69, 9.17) is 5.10 Å². The van der Waals surface area contributed by atoms with Crippen molar-refractivity contribution >= 4 is 5.71 Å². The van der Waals surface area contributed by atoms with Crippen molar-refractivity contribution in [3.63, 3.8) is 0 Å². The van der Waals surface area contributed by atoms with Gasteiger partial charge in [0, 0.05) is 41.8 Å². The summed E-state index contributed by atoms with van der Waals surface area (Å²) in [5, 5.41) is 17.7. The molecule has 6 nitrogen and oxygen atoms in total. The normalized spacial score (nSPS) is 17.9. The summed E-state index contributed by atoms with van der Waals surface area (Å²) >= 11 is 0. The number of likely N-dealkylation sites (tertiary alicyclic amines) is 1. The van der Waals surface area contributed by atoms with E-state index >= 15 is 0 Å². The van der Waals surface area contributed by atoms with Gasteiger partial charge in [0.25, 0.3) is 0 Å². The first-order chi connectivity index (χ1) is 15.3. The summed E-state index contributed by atoms with van der Waals surface area (Å²) in [7, 11) is 0. The molecule has 1 N–H and O–H groups in total. The molecule has 1 saturated heterocycles. The van der Waals surface area contributed by atoms with Gasteiger partial charge in [-0.25, -0.2) is 0 Å². The summed E-state index contributed by atoms with van der Waals surface area (Å²) in [5.74, 6) is 0. The lowest BCUT2D eigenvalue weighted by Crippen LogP contribution is -2.31. The van der Waals surface area contributed by atoms with Gasteiger partial charge in [0.2, 0.25) is 0 Å². The van der Waals surface area contributed by atoms with Crippen molar-refractivity contribution in [3.05, 3.63) is 60.0 Å². The van der Waals surface area contributed by atoms with Crippen LogP contribution in [0.25, 0.3) is 22.4 Å². The number of pyridine rings is 1. The van der Waals surface area contributed by atoms with Crippen LogP contribution in [-0.2, 0) is 13.0 Å². The van der Waals surface area contributed by atoms with Gasteiger partial charge in [-0.05, 0) is 75.0 Å². The summed E-state index contributed by atoms with van der Waals surface area (Å²) < 4.78 is 2.10. The Balaban J connectivity index is 1.42. The molecule has 0 bridgehead atoms. The SMILES string of the molecule is O/N=C1\CCc2cc(-c3cn(CCCN4CCCCC4)nc3-c3ccncc3)ccc21. The highest BCUT2D eigenvalue weighted by atomic mass is 16.4. The molecule has 1 fully saturated rings. The predicted octanol–water partition coefficient (Wildman–Crippen LogP) is 4.61. The molecule has 0 unspecified atom stereocenters. The number of rotatable bonds is 6. The molecule has 31 heavy (non-hydrogen) atoms. The van der Waals surface area contributed by atoms with Crippen molar-refractivity contribution < 1.29 is 5.21 Å². The lowest BCUT2D eigenvalue weighted by Gasteiger charge is -2.26. The number of aromatic nitrogens is 3. The van der Waals surface area contributed by atoms with Crippen molar-refractivity contribution in [1.82, 2.24) is 19.7 Å². The number of aryl methyl sites for hydroxylation is 2. The van der Waals surface area contributed by atoms with Crippen molar-refractivity contribution in [2.45, 2.75) is 45.1 Å². The maximum absolute atomic E-state index is 9.24. The quantitative estimate of drug-likeness (QED) is 0.471. The predicted molar refractivity (Wildman–Crippen MR) is 122 cm³/mol. The second-order valence-corrected chi connectivity index (χ2v) is 8.56. The Morgan fingerprint density at radius 3 is 2.55 bits per heavy atom. The lowest BCUT2D eigenvalue weighted by molar-refractivity contribution is 0.222. The number of fused-ring (bicyclic) bond motifs is 1. The minimum absolute atomic E-state index is 0.782. The number of piperidine rings is 1. The third-order valence-electron chi connectivity index (χ3n) is 6.50. The van der Waals surface area contributed by atoms with Crippen molar-refractivity contribution in [1.29, 1.82) is 0 Å². The molecule has 3 aromatic rings. The molecular weight excluding hydrogens is 386 g/mol. The molecule has 0 amide bonds. The number of hydrogen-bond acceptors (Lipinski definition) is 5. The van der Waals surface area contributed by atoms with E-state index in [0.717, 1.165) is 66.0 Å². The van der Waals surface area contributed by atoms with E-state index in [1.54, 1.807) is 0 Å². The zero-order valence-electron chi connectivity index (χ0n) is 17.9. The van der Waals surface area contributed by atoms with Crippen LogP contribution in [0.15, 0.2) is 54.1 Å². The topological polar surface area (TPSA) is 66.5 Å². The van der Waals surface area contributed by atoms with Gasteiger partial charge in [0.1, 0.15) is 5.69 Å². The molecule has 1 aliphatic carbocycles. The maximum atomic E-state index is 9.24. The molecule has 5 rings (SSSR count). The highest BCUT2D eigenvalue weighted by Crippen LogP contribution is 2.34. The third-order valence-corrected chi connectivity index (χ3v) is 6.50. The molecule has 1 aromatic carbocycles. The van der Waals surface area contributed by atoms with Gasteiger partial charge >= 0.3 is 0 Å². The smallest absolute Gasteiger partial charge is 0.100 e. The van der Waals surface area contributed by atoms with Crippen LogP contribution in [0.2, 0.25) is 0 Å². The maximum Gasteiger partial charge on any atom is 0.100 e. The molecule has 0 spiro atoms. The second-order valence-electron chi connectivity index (χ2n) is 8.56. The van der Waals surface area contributed by atoms with Crippen LogP contribution in [0.4, 0.5) is 0 Å². The highest BCUT2D eigenvalue weighted by molar-refractivity contribution is 6.04. The monoisotopic (exact) mass is 415 g/mol. The van der Waals surface area contributed by atoms with Gasteiger partial charge in [0.15, 0.2) is 0 Å². The molecule has 6 heteroatoms. The summed E-state index contributed by atoms with van der Waals surface area (Å²) in [4.78, 5) is 6.75. The fourth-order valence-electron chi connectivity index (χ4n) is 4.85. The van der Waals surface area contributed by atoms with E-state index in [9.17, 15) is 5.21 Å². The van der Waals surface area contributed by atoms with Gasteiger partial charge in [-0.1, -0.05) is 29.8 Å². The van der Waals surface area contributed by atoms with Crippen LogP contribution >= 0.6 is 0 Å². The second kappa shape index (κ2) is 9.02. The van der Waals surface area contributed by atoms with E-state index in [1.807, 2.05) is 24.5 Å². The number of nitrogens with zero attached hydrogens (tertiary/aromatic N) is 5. The summed E-state index contributed by atoms with van der Waals surface area (Å²) in [6.45, 7) is 4.53. The van der Waals surface area contributed by atoms with E-state index in [2.05, 4.69) is 44.1 Å². The first kappa shape index (κ1) is 19.9. The first-order valence-electron chi connectivity index (χ1n) is 11.4. The first-order valence-corrected chi connectivity index (χ1v) is 11.4. The van der Waals surface area contributed by atoms with E-state index in [0.29, 0.717) is 0 Å². The largest absolute Gasteiger partial charge is 0.411 e. The Kier molecular flexibility index (Phi) is 5.80. The Bertz CT molecular complexity index is 1070. The minimum atomic E-state index is 0.782. The van der Waals surface area contributed by atoms with Crippen LogP contribution in [0, 0.1) is 0 Å². The Hall–Kier alpha value is -2.99. The van der Waals surface area contributed by atoms with Crippen molar-refractivity contribution in [2.75, 3.05) is 19.6 Å². The Labute approximate surface area is 183 Å². The average Bonchev–Trinajstić information content (AvgIpc) is 3.44. The van der Waals surface area contributed by atoms with E-state index in [1.165, 1.54) is 37.9 Å². The number of benzene rings is 1. The van der Waals surface area contributed by atoms with Crippen molar-refractivity contribution in [3.8, 4) is 22.4 Å². The minimum Gasteiger partial charge on any atom is -0.411 e. The van der Waals surface area contributed by atoms with Crippen molar-refractivity contribution in [2.24, 2.45) is 5.16 Å². The molecule has 2 aliphatic rings. The number of oxime groups is 1. The van der Waals surface area contributed by atoms with E-state index < -0.39 is 0 Å². The molecule has 0 atom stereocenters. The molecule has 0 saturated carbocycles. The lowest BCUT2D eigenvalue weighted by atomic mass is 9.98. The molecule has 3 heterocycles. The fraction of sp³-hybridized carbons (Fsp3) is 0.400. The van der Waals surface area contributed by atoms with E-state index in [-0.39, 0.29) is 0 Å². The van der Waals surface area contributed by atoms with Crippen LogP contribution in [-0.4, -0.2) is 50.2 Å². The molecular formula is C25H29N5O. The summed E-state index contributed by atoms with van der Waals surface area (Å²) in [6.07, 6.45) is 12.7. The molecule has 2 aromatic heterocycles. The average molecular weight is 416 g/mol. The Morgan fingerprint density at radius 2 is 1.74 bits per heavy atom. The summed E-state index contributed by atoms with van der Waals surface area (Å²) in [5.41, 5.74) is 7.46. The Morgan fingerprint density at radius 1 is 0.903 bits per heavy atom. The summed E-state index contributed by atoms with van der Waals surface area (Å²) in [6, 6.07) is 10.5. The number of hydrogen-bond donors (Lipinski definition) is 1. The van der Waals surface area contributed by atoms with Gasteiger partial charge in [0.05, 0.1) is 5.71 Å². The van der Waals surface area contributed by atoms with Gasteiger partial charge in [-0.3, -0.25) is 9.67 Å². The zero-order valence-corrected chi connectivity index (χ0v) is 17.9.